The number of hydrogen-bond acceptors (Lipinski definition) is 4. The first-order chi connectivity index (χ1) is 12.3. The highest BCUT2D eigenvalue weighted by Crippen LogP contribution is 2.17. The van der Waals surface area contributed by atoms with Crippen molar-refractivity contribution >= 4 is 34.9 Å². The van der Waals surface area contributed by atoms with Gasteiger partial charge in [-0.15, -0.1) is 0 Å². The Hall–Kier alpha value is -2.93. The lowest BCUT2D eigenvalue weighted by Gasteiger charge is -2.13. The summed E-state index contributed by atoms with van der Waals surface area (Å²) in [5.74, 6) is -0.662. The lowest BCUT2D eigenvalue weighted by Crippen LogP contribution is -2.34. The van der Waals surface area contributed by atoms with E-state index in [-0.39, 0.29) is 22.7 Å². The highest BCUT2D eigenvalue weighted by atomic mass is 32.1. The Bertz CT molecular complexity index is 832. The number of carbonyl (C=O) groups excluding carboxylic acids is 1. The van der Waals surface area contributed by atoms with Crippen LogP contribution in [0, 0.1) is 6.92 Å². The van der Waals surface area contributed by atoms with Gasteiger partial charge in [-0.1, -0.05) is 0 Å². The number of anilines is 1. The summed E-state index contributed by atoms with van der Waals surface area (Å²) in [6, 6.07) is 11.4. The van der Waals surface area contributed by atoms with E-state index >= 15 is 0 Å². The number of rotatable bonds is 5. The monoisotopic (exact) mass is 372 g/mol. The van der Waals surface area contributed by atoms with Gasteiger partial charge in [-0.2, -0.15) is 0 Å². The Labute approximate surface area is 157 Å². The third-order valence-electron chi connectivity index (χ3n) is 3.44. The maximum absolute atomic E-state index is 12.3. The second-order valence-electron chi connectivity index (χ2n) is 5.93. The molecule has 2 aromatic carbocycles. The molecular weight excluding hydrogens is 352 g/mol. The molecule has 7 heteroatoms. The highest BCUT2D eigenvalue weighted by molar-refractivity contribution is 7.80. The van der Waals surface area contributed by atoms with Crippen LogP contribution in [0.3, 0.4) is 0 Å². The lowest BCUT2D eigenvalue weighted by atomic mass is 10.1. The van der Waals surface area contributed by atoms with Gasteiger partial charge in [0.25, 0.3) is 5.91 Å². The molecule has 0 spiro atoms. The van der Waals surface area contributed by atoms with Crippen molar-refractivity contribution in [3.8, 4) is 5.75 Å². The quantitative estimate of drug-likeness (QED) is 0.695. The zero-order chi connectivity index (χ0) is 19.3. The number of ether oxygens (including phenoxy) is 1. The number of carboxylic acids is 1. The Morgan fingerprint density at radius 1 is 1.08 bits per heavy atom. The molecule has 2 aromatic rings. The van der Waals surface area contributed by atoms with E-state index < -0.39 is 5.97 Å². The standard InChI is InChI=1S/C19H20N2O4S/c1-11(2)25-15-7-4-13(5-8-15)17(22)21-19(26)20-16-9-6-14(18(23)24)10-12(16)3/h4-11H,1-3H3,(H,23,24)(H2,20,21,22,26). The van der Waals surface area contributed by atoms with Crippen LogP contribution in [0.15, 0.2) is 42.5 Å². The summed E-state index contributed by atoms with van der Waals surface area (Å²) in [6.07, 6.45) is 0.0576. The van der Waals surface area contributed by atoms with E-state index in [1.54, 1.807) is 37.3 Å². The molecule has 3 N–H and O–H groups in total. The molecule has 0 aliphatic rings. The average Bonchev–Trinajstić information content (AvgIpc) is 2.56. The summed E-state index contributed by atoms with van der Waals surface area (Å²) < 4.78 is 5.54. The van der Waals surface area contributed by atoms with Gasteiger partial charge >= 0.3 is 5.97 Å². The van der Waals surface area contributed by atoms with Crippen molar-refractivity contribution in [1.82, 2.24) is 5.32 Å². The first-order valence-corrected chi connectivity index (χ1v) is 8.40. The first-order valence-electron chi connectivity index (χ1n) is 7.99. The van der Waals surface area contributed by atoms with Crippen molar-refractivity contribution in [3.05, 3.63) is 59.2 Å². The van der Waals surface area contributed by atoms with Crippen molar-refractivity contribution in [2.45, 2.75) is 26.9 Å². The fourth-order valence-electron chi connectivity index (χ4n) is 2.22. The van der Waals surface area contributed by atoms with Crippen LogP contribution in [-0.2, 0) is 0 Å². The van der Waals surface area contributed by atoms with E-state index in [9.17, 15) is 9.59 Å². The molecule has 6 nitrogen and oxygen atoms in total. The number of aryl methyl sites for hydroxylation is 1. The van der Waals surface area contributed by atoms with Crippen LogP contribution in [-0.4, -0.2) is 28.2 Å². The third-order valence-corrected chi connectivity index (χ3v) is 3.64. The molecule has 0 unspecified atom stereocenters. The van der Waals surface area contributed by atoms with Gasteiger partial charge in [0, 0.05) is 11.3 Å². The first kappa shape index (κ1) is 19.4. The maximum Gasteiger partial charge on any atom is 0.335 e. The second-order valence-corrected chi connectivity index (χ2v) is 6.34. The van der Waals surface area contributed by atoms with Gasteiger partial charge in [0.05, 0.1) is 11.7 Å². The minimum Gasteiger partial charge on any atom is -0.491 e. The van der Waals surface area contributed by atoms with Gasteiger partial charge in [-0.25, -0.2) is 4.79 Å². The van der Waals surface area contributed by atoms with Crippen LogP contribution in [0.1, 0.15) is 40.1 Å². The summed E-state index contributed by atoms with van der Waals surface area (Å²) in [4.78, 5) is 23.2. The Kier molecular flexibility index (Phi) is 6.30. The van der Waals surface area contributed by atoms with Crippen LogP contribution in [0.2, 0.25) is 0 Å². The molecule has 0 saturated carbocycles. The summed E-state index contributed by atoms with van der Waals surface area (Å²) in [7, 11) is 0. The number of amides is 1. The molecule has 0 radical (unpaired) electrons. The van der Waals surface area contributed by atoms with Crippen molar-refractivity contribution in [2.75, 3.05) is 5.32 Å². The third kappa shape index (κ3) is 5.29. The molecule has 0 heterocycles. The van der Waals surface area contributed by atoms with Gasteiger partial charge in [-0.05, 0) is 81.0 Å². The zero-order valence-corrected chi connectivity index (χ0v) is 15.5. The summed E-state index contributed by atoms with van der Waals surface area (Å²) >= 11 is 5.16. The van der Waals surface area contributed by atoms with Gasteiger partial charge in [0.2, 0.25) is 0 Å². The molecule has 0 aromatic heterocycles. The Balaban J connectivity index is 1.99. The maximum atomic E-state index is 12.3. The molecule has 136 valence electrons. The molecule has 0 aliphatic carbocycles. The van der Waals surface area contributed by atoms with Crippen molar-refractivity contribution in [2.24, 2.45) is 0 Å². The number of aromatic carboxylic acids is 1. The van der Waals surface area contributed by atoms with Crippen LogP contribution in [0.5, 0.6) is 5.75 Å². The molecule has 2 rings (SSSR count). The normalized spacial score (nSPS) is 10.3. The summed E-state index contributed by atoms with van der Waals surface area (Å²) in [5, 5.41) is 14.6. The van der Waals surface area contributed by atoms with E-state index in [0.29, 0.717) is 22.6 Å². The van der Waals surface area contributed by atoms with E-state index in [0.717, 1.165) is 0 Å². The lowest BCUT2D eigenvalue weighted by molar-refractivity contribution is 0.0696. The largest absolute Gasteiger partial charge is 0.491 e. The van der Waals surface area contributed by atoms with Gasteiger partial charge < -0.3 is 15.2 Å². The van der Waals surface area contributed by atoms with Crippen LogP contribution in [0.4, 0.5) is 5.69 Å². The molecule has 0 atom stereocenters. The van der Waals surface area contributed by atoms with E-state index in [2.05, 4.69) is 10.6 Å². The van der Waals surface area contributed by atoms with Gasteiger partial charge in [-0.3, -0.25) is 10.1 Å². The molecule has 26 heavy (non-hydrogen) atoms. The average molecular weight is 372 g/mol. The SMILES string of the molecule is Cc1cc(C(=O)O)ccc1NC(=S)NC(=O)c1ccc(OC(C)C)cc1. The smallest absolute Gasteiger partial charge is 0.335 e. The molecule has 0 bridgehead atoms. The van der Waals surface area contributed by atoms with E-state index in [4.69, 9.17) is 22.1 Å². The molecule has 0 fully saturated rings. The van der Waals surface area contributed by atoms with E-state index in [1.165, 1.54) is 12.1 Å². The van der Waals surface area contributed by atoms with Crippen molar-refractivity contribution in [3.63, 3.8) is 0 Å². The summed E-state index contributed by atoms with van der Waals surface area (Å²) in [5.41, 5.74) is 1.97. The molecular formula is C19H20N2O4S. The number of nitrogens with one attached hydrogen (secondary N) is 2. The Morgan fingerprint density at radius 3 is 2.23 bits per heavy atom. The number of benzene rings is 2. The second kappa shape index (κ2) is 8.44. The van der Waals surface area contributed by atoms with Gasteiger partial charge in [0.15, 0.2) is 5.11 Å². The molecule has 0 saturated heterocycles. The molecule has 0 aliphatic heterocycles. The number of carboxylic acid groups (broad SMARTS) is 1. The fourth-order valence-corrected chi connectivity index (χ4v) is 2.43. The van der Waals surface area contributed by atoms with Crippen LogP contribution >= 0.6 is 12.2 Å². The number of thiocarbonyl (C=S) groups is 1. The van der Waals surface area contributed by atoms with Crippen molar-refractivity contribution in [1.29, 1.82) is 0 Å². The molecule has 1 amide bonds. The predicted molar refractivity (Wildman–Crippen MR) is 104 cm³/mol. The van der Waals surface area contributed by atoms with Crippen molar-refractivity contribution < 1.29 is 19.4 Å². The minimum absolute atomic E-state index is 0.0576. The number of carbonyl (C=O) groups is 2. The predicted octanol–water partition coefficient (Wildman–Crippen LogP) is 3.61. The highest BCUT2D eigenvalue weighted by Gasteiger charge is 2.11. The number of hydrogen-bond donors (Lipinski definition) is 3. The van der Waals surface area contributed by atoms with Gasteiger partial charge in [0.1, 0.15) is 5.75 Å². The van der Waals surface area contributed by atoms with Crippen LogP contribution in [0.25, 0.3) is 0 Å². The minimum atomic E-state index is -1.000. The fraction of sp³-hybridized carbons (Fsp3) is 0.211. The van der Waals surface area contributed by atoms with Crippen LogP contribution < -0.4 is 15.4 Å². The summed E-state index contributed by atoms with van der Waals surface area (Å²) in [6.45, 7) is 5.61. The Morgan fingerprint density at radius 2 is 1.69 bits per heavy atom. The zero-order valence-electron chi connectivity index (χ0n) is 14.7. The van der Waals surface area contributed by atoms with E-state index in [1.807, 2.05) is 13.8 Å². The topological polar surface area (TPSA) is 87.7 Å².